The summed E-state index contributed by atoms with van der Waals surface area (Å²) in [5, 5.41) is 113. The Morgan fingerprint density at radius 1 is 0.471 bits per heavy atom. The Morgan fingerprint density at radius 2 is 0.794 bits per heavy atom. The average molecular weight is 1040 g/mol. The predicted octanol–water partition coefficient (Wildman–Crippen LogP) is -4.66. The molecule has 6 aromatic rings. The van der Waals surface area contributed by atoms with E-state index in [1.165, 1.54) is 36.4 Å². The van der Waals surface area contributed by atoms with E-state index in [2.05, 4.69) is 31.1 Å². The van der Waals surface area contributed by atoms with Crippen LogP contribution in [0.3, 0.4) is 0 Å². The molecule has 335 valence electrons. The number of hydrogen-bond donors (Lipinski definition) is 2. The Balaban J connectivity index is 0.000000642. The van der Waals surface area contributed by atoms with E-state index in [4.69, 9.17) is 0 Å². The first-order valence-electron chi connectivity index (χ1n) is 16.8. The summed E-state index contributed by atoms with van der Waals surface area (Å²) >= 11 is 0. The van der Waals surface area contributed by atoms with Crippen LogP contribution in [0.25, 0.3) is 21.5 Å². The Hall–Kier alpha value is -5.21. The number of hydrogen-bond acceptors (Lipinski definition) is 24. The van der Waals surface area contributed by atoms with Crippen molar-refractivity contribution in [2.75, 3.05) is 24.7 Å². The molecule has 1 radical (unpaired) electrons. The number of benzene rings is 6. The largest absolute Gasteiger partial charge is 3.00 e. The maximum Gasteiger partial charge on any atom is 3.00 e. The Kier molecular flexibility index (Phi) is 21.8. The first kappa shape index (κ1) is 60.8. The van der Waals surface area contributed by atoms with E-state index in [9.17, 15) is 86.8 Å². The predicted molar refractivity (Wildman–Crippen MR) is 209 cm³/mol. The van der Waals surface area contributed by atoms with Gasteiger partial charge in [-0.15, -0.1) is 10.2 Å². The molecule has 68 heavy (non-hydrogen) atoms. The smallest absolute Gasteiger partial charge is 0.871 e. The van der Waals surface area contributed by atoms with Gasteiger partial charge in [-0.2, -0.15) is 10.2 Å². The minimum atomic E-state index is -5.23. The molecular weight excluding hydrogens is 1020 g/mol. The molecule has 0 unspecified atom stereocenters. The number of nitro benzene ring substituents is 4. The molecule has 0 aliphatic heterocycles. The van der Waals surface area contributed by atoms with Crippen molar-refractivity contribution in [3.8, 4) is 23.0 Å². The molecular formula is C34H20CrN10Na3O18S2. The molecule has 0 bridgehead atoms. The van der Waals surface area contributed by atoms with E-state index in [-0.39, 0.29) is 128 Å². The van der Waals surface area contributed by atoms with E-state index >= 15 is 0 Å². The molecule has 0 aliphatic carbocycles. The molecule has 0 aliphatic rings. The number of non-ortho nitro benzene ring substituents is 2. The van der Waals surface area contributed by atoms with Crippen LogP contribution in [0.4, 0.5) is 56.9 Å². The maximum absolute atomic E-state index is 12.8. The van der Waals surface area contributed by atoms with Crippen molar-refractivity contribution in [1.29, 1.82) is 0 Å². The van der Waals surface area contributed by atoms with Crippen LogP contribution >= 0.6 is 0 Å². The van der Waals surface area contributed by atoms with Gasteiger partial charge in [0.15, 0.2) is 0 Å². The van der Waals surface area contributed by atoms with Crippen molar-refractivity contribution in [2.24, 2.45) is 20.5 Å². The number of fused-ring (bicyclic) bond motifs is 2. The van der Waals surface area contributed by atoms with Gasteiger partial charge >= 0.3 is 106 Å². The number of nitrogens with zero attached hydrogens (tertiary/aromatic N) is 8. The minimum Gasteiger partial charge on any atom is -0.871 e. The summed E-state index contributed by atoms with van der Waals surface area (Å²) in [6.07, 6.45) is 0. The van der Waals surface area contributed by atoms with Gasteiger partial charge < -0.3 is 40.2 Å². The van der Waals surface area contributed by atoms with Crippen LogP contribution in [-0.4, -0.2) is 59.7 Å². The van der Waals surface area contributed by atoms with Gasteiger partial charge in [-0.3, -0.25) is 40.5 Å². The van der Waals surface area contributed by atoms with Crippen LogP contribution in [0, 0.1) is 40.5 Å². The zero-order chi connectivity index (χ0) is 47.6. The van der Waals surface area contributed by atoms with Crippen molar-refractivity contribution in [2.45, 2.75) is 9.79 Å². The van der Waals surface area contributed by atoms with Gasteiger partial charge in [-0.25, -0.2) is 16.8 Å². The molecule has 6 rings (SSSR count). The second-order valence-electron chi connectivity index (χ2n) is 12.4. The number of nitro groups is 4. The third-order valence-electron chi connectivity index (χ3n) is 8.58. The summed E-state index contributed by atoms with van der Waals surface area (Å²) in [4.78, 5) is 37.5. The van der Waals surface area contributed by atoms with Crippen LogP contribution in [0.2, 0.25) is 0 Å². The van der Waals surface area contributed by atoms with Crippen molar-refractivity contribution >= 4 is 98.7 Å². The minimum absolute atomic E-state index is 0. The Morgan fingerprint density at radius 3 is 1.06 bits per heavy atom. The van der Waals surface area contributed by atoms with Gasteiger partial charge in [0.2, 0.25) is 0 Å². The van der Waals surface area contributed by atoms with E-state index < -0.39 is 118 Å². The first-order chi connectivity index (χ1) is 29.9. The maximum atomic E-state index is 12.8. The SMILES string of the molecule is CNc1ccc2cc(S(=O)(=O)[O-])c(N=Nc3cc([N+](=O)[O-])cc([N+](=O)[O-])c3[O-])c([O-])c2c1.CNc1ccc2cc(S(=O)(=O)[O-])c(N=Nc3cc([N+](=O)[O-])cc([N+](=O)[O-])c3[O-])c([O-])c2c1.[Cr+3].[Na+].[Na+].[Na+]. The topological polar surface area (TPSA) is 453 Å². The van der Waals surface area contributed by atoms with Crippen LogP contribution in [0.15, 0.2) is 103 Å². The number of anilines is 2. The molecule has 6 aromatic carbocycles. The van der Waals surface area contributed by atoms with Crippen LogP contribution < -0.4 is 120 Å². The molecule has 0 atom stereocenters. The summed E-state index contributed by atoms with van der Waals surface area (Å²) < 4.78 is 70.1. The summed E-state index contributed by atoms with van der Waals surface area (Å²) in [5.41, 5.74) is -6.81. The van der Waals surface area contributed by atoms with Crippen LogP contribution in [0.1, 0.15) is 0 Å². The summed E-state index contributed by atoms with van der Waals surface area (Å²) in [6.45, 7) is 0. The van der Waals surface area contributed by atoms with Crippen molar-refractivity contribution in [3.63, 3.8) is 0 Å². The third-order valence-corrected chi connectivity index (χ3v) is 10.3. The zero-order valence-corrected chi connectivity index (χ0v) is 44.0. The fourth-order valence-corrected chi connectivity index (χ4v) is 6.83. The molecule has 0 spiro atoms. The quantitative estimate of drug-likeness (QED) is 0.0382. The molecule has 0 fully saturated rings. The molecule has 0 heterocycles. The van der Waals surface area contributed by atoms with Crippen molar-refractivity contribution < 1.29 is 172 Å². The van der Waals surface area contributed by atoms with E-state index in [0.717, 1.165) is 12.1 Å². The normalized spacial score (nSPS) is 11.0. The van der Waals surface area contributed by atoms with Crippen molar-refractivity contribution in [1.82, 2.24) is 0 Å². The standard InChI is InChI=1S/2C17H13N5O9S.Cr.3Na/c2*1-18-9-3-2-8-4-14(32(29,30)31)15(16(23)11(8)5-9)20-19-12-6-10(21(25)26)7-13(17(12)24)22(27)28;;;;/h2*2-7,18,23-24H,1H3,(H,29,30,31);;;;/q;;+3;3*+1/p-6. The fraction of sp³-hybridized carbons (Fsp3) is 0.0588. The van der Waals surface area contributed by atoms with Gasteiger partial charge in [0.25, 0.3) is 22.7 Å². The molecule has 0 amide bonds. The summed E-state index contributed by atoms with van der Waals surface area (Å²) in [5.74, 6) is -4.77. The second kappa shape index (κ2) is 24.4. The van der Waals surface area contributed by atoms with E-state index in [1.807, 2.05) is 0 Å². The number of nitrogens with one attached hydrogen (secondary N) is 2. The van der Waals surface area contributed by atoms with Crippen LogP contribution in [-0.2, 0) is 37.6 Å². The average Bonchev–Trinajstić information content (AvgIpc) is 3.22. The van der Waals surface area contributed by atoms with Crippen molar-refractivity contribution in [3.05, 3.63) is 113 Å². The van der Waals surface area contributed by atoms with Gasteiger partial charge in [-0.05, 0) is 57.9 Å². The van der Waals surface area contributed by atoms with Gasteiger partial charge in [0.1, 0.15) is 20.2 Å². The van der Waals surface area contributed by atoms with Gasteiger partial charge in [0.05, 0.1) is 64.4 Å². The fourth-order valence-electron chi connectivity index (χ4n) is 5.54. The van der Waals surface area contributed by atoms with Gasteiger partial charge in [-0.1, -0.05) is 23.6 Å². The molecule has 0 saturated heterocycles. The summed E-state index contributed by atoms with van der Waals surface area (Å²) in [7, 11) is -7.34. The monoisotopic (exact) mass is 1040 g/mol. The number of azo groups is 2. The second-order valence-corrected chi connectivity index (χ2v) is 15.1. The summed E-state index contributed by atoms with van der Waals surface area (Å²) in [6, 6.07) is 12.3. The van der Waals surface area contributed by atoms with Gasteiger partial charge in [0, 0.05) is 49.1 Å². The molecule has 2 N–H and O–H groups in total. The first-order valence-corrected chi connectivity index (χ1v) is 19.6. The van der Waals surface area contributed by atoms with E-state index in [1.54, 1.807) is 14.1 Å². The number of rotatable bonds is 12. The van der Waals surface area contributed by atoms with E-state index in [0.29, 0.717) is 35.6 Å². The Bertz CT molecular complexity index is 3080. The molecule has 28 nitrogen and oxygen atoms in total. The Labute approximate surface area is 457 Å². The molecule has 0 saturated carbocycles. The third kappa shape index (κ3) is 13.5. The van der Waals surface area contributed by atoms with Crippen LogP contribution in [0.5, 0.6) is 23.0 Å². The molecule has 0 aromatic heterocycles. The zero-order valence-electron chi connectivity index (χ0n) is 35.1. The molecule has 34 heteroatoms.